The Bertz CT molecular complexity index is 846. The Balaban J connectivity index is 2.03. The molecule has 1 saturated heterocycles. The van der Waals surface area contributed by atoms with Crippen molar-refractivity contribution >= 4 is 28.4 Å². The van der Waals surface area contributed by atoms with E-state index in [1.807, 2.05) is 23.3 Å². The minimum atomic E-state index is -0.332. The number of methoxy groups -OCH3 is 1. The summed E-state index contributed by atoms with van der Waals surface area (Å²) in [6, 6.07) is 4.69. The summed E-state index contributed by atoms with van der Waals surface area (Å²) in [5.74, 6) is -0.414. The first kappa shape index (κ1) is 22.1. The number of ether oxygens (including phenoxy) is 1. The summed E-state index contributed by atoms with van der Waals surface area (Å²) in [6.07, 6.45) is 3.69. The first-order chi connectivity index (χ1) is 14.0. The topological polar surface area (TPSA) is 46.5 Å². The van der Waals surface area contributed by atoms with Gasteiger partial charge < -0.3 is 19.5 Å². The van der Waals surface area contributed by atoms with Crippen LogP contribution in [0, 0.1) is 5.82 Å². The van der Waals surface area contributed by atoms with E-state index in [1.165, 1.54) is 12.1 Å². The SMILES string of the molecule is COCCCCn1c(C(=O)N(C(C)C)[C@@H]2CCCNC2)c(Cl)c2ccc(F)cc21. The molecule has 0 bridgehead atoms. The molecule has 1 fully saturated rings. The number of aryl methyl sites for hydroxylation is 1. The number of piperidine rings is 1. The van der Waals surface area contributed by atoms with Gasteiger partial charge in [0.1, 0.15) is 11.5 Å². The predicted molar refractivity (Wildman–Crippen MR) is 115 cm³/mol. The van der Waals surface area contributed by atoms with Gasteiger partial charge in [-0.05, 0) is 64.3 Å². The van der Waals surface area contributed by atoms with Crippen LogP contribution in [0.25, 0.3) is 10.9 Å². The van der Waals surface area contributed by atoms with E-state index in [9.17, 15) is 9.18 Å². The molecule has 2 heterocycles. The van der Waals surface area contributed by atoms with E-state index in [1.54, 1.807) is 13.2 Å². The largest absolute Gasteiger partial charge is 0.385 e. The monoisotopic (exact) mass is 423 g/mol. The Labute approximate surface area is 177 Å². The lowest BCUT2D eigenvalue weighted by molar-refractivity contribution is 0.0562. The lowest BCUT2D eigenvalue weighted by Crippen LogP contribution is -2.52. The van der Waals surface area contributed by atoms with E-state index in [0.717, 1.165) is 38.8 Å². The number of halogens is 2. The van der Waals surface area contributed by atoms with Crippen molar-refractivity contribution in [1.29, 1.82) is 0 Å². The minimum Gasteiger partial charge on any atom is -0.385 e. The third-order valence-corrected chi connectivity index (χ3v) is 5.99. The second-order valence-electron chi connectivity index (χ2n) is 7.98. The van der Waals surface area contributed by atoms with Crippen molar-refractivity contribution in [3.63, 3.8) is 0 Å². The molecule has 1 N–H and O–H groups in total. The van der Waals surface area contributed by atoms with Crippen molar-refractivity contribution in [2.24, 2.45) is 0 Å². The van der Waals surface area contributed by atoms with Crippen molar-refractivity contribution < 1.29 is 13.9 Å². The normalized spacial score (nSPS) is 17.2. The summed E-state index contributed by atoms with van der Waals surface area (Å²) < 4.78 is 21.0. The number of unbranched alkanes of at least 4 members (excludes halogenated alkanes) is 1. The Morgan fingerprint density at radius 3 is 2.86 bits per heavy atom. The average Bonchev–Trinajstić information content (AvgIpc) is 2.97. The molecule has 1 atom stereocenters. The van der Waals surface area contributed by atoms with Gasteiger partial charge in [-0.1, -0.05) is 11.6 Å². The molecule has 2 aromatic rings. The number of hydrogen-bond donors (Lipinski definition) is 1. The van der Waals surface area contributed by atoms with Crippen LogP contribution in [0.15, 0.2) is 18.2 Å². The molecular formula is C22H31ClFN3O2. The van der Waals surface area contributed by atoms with Crippen LogP contribution >= 0.6 is 11.6 Å². The number of carbonyl (C=O) groups is 1. The Kier molecular flexibility index (Phi) is 7.55. The third kappa shape index (κ3) is 4.76. The van der Waals surface area contributed by atoms with Crippen LogP contribution in [0.3, 0.4) is 0 Å². The molecule has 0 spiro atoms. The Hall–Kier alpha value is -1.63. The number of hydrogen-bond acceptors (Lipinski definition) is 3. The van der Waals surface area contributed by atoms with Gasteiger partial charge in [0.05, 0.1) is 10.5 Å². The third-order valence-electron chi connectivity index (χ3n) is 5.60. The molecule has 29 heavy (non-hydrogen) atoms. The van der Waals surface area contributed by atoms with Crippen molar-refractivity contribution in [3.05, 3.63) is 34.7 Å². The van der Waals surface area contributed by atoms with Gasteiger partial charge in [-0.3, -0.25) is 4.79 Å². The molecule has 160 valence electrons. The van der Waals surface area contributed by atoms with Gasteiger partial charge in [-0.25, -0.2) is 4.39 Å². The maximum Gasteiger partial charge on any atom is 0.272 e. The fourth-order valence-corrected chi connectivity index (χ4v) is 4.60. The van der Waals surface area contributed by atoms with Crippen LogP contribution < -0.4 is 5.32 Å². The zero-order valence-electron chi connectivity index (χ0n) is 17.5. The average molecular weight is 424 g/mol. The van der Waals surface area contributed by atoms with Gasteiger partial charge in [-0.15, -0.1) is 0 Å². The summed E-state index contributed by atoms with van der Waals surface area (Å²) in [6.45, 7) is 7.07. The van der Waals surface area contributed by atoms with Crippen molar-refractivity contribution in [2.75, 3.05) is 26.8 Å². The molecule has 1 aliphatic rings. The first-order valence-electron chi connectivity index (χ1n) is 10.4. The van der Waals surface area contributed by atoms with E-state index in [-0.39, 0.29) is 23.8 Å². The smallest absolute Gasteiger partial charge is 0.272 e. The van der Waals surface area contributed by atoms with Gasteiger partial charge in [-0.2, -0.15) is 0 Å². The van der Waals surface area contributed by atoms with Crippen molar-refractivity contribution in [1.82, 2.24) is 14.8 Å². The number of rotatable bonds is 8. The second-order valence-corrected chi connectivity index (χ2v) is 8.36. The summed E-state index contributed by atoms with van der Waals surface area (Å²) >= 11 is 6.71. The highest BCUT2D eigenvalue weighted by Crippen LogP contribution is 2.33. The number of amides is 1. The van der Waals surface area contributed by atoms with Crippen LogP contribution in [-0.4, -0.2) is 54.3 Å². The van der Waals surface area contributed by atoms with Crippen LogP contribution in [0.5, 0.6) is 0 Å². The summed E-state index contributed by atoms with van der Waals surface area (Å²) in [5.41, 5.74) is 1.13. The highest BCUT2D eigenvalue weighted by molar-refractivity contribution is 6.38. The first-order valence-corrected chi connectivity index (χ1v) is 10.8. The number of carbonyl (C=O) groups excluding carboxylic acids is 1. The molecule has 3 rings (SSSR count). The number of nitrogens with zero attached hydrogens (tertiary/aromatic N) is 2. The second kappa shape index (κ2) is 9.92. The number of benzene rings is 1. The van der Waals surface area contributed by atoms with E-state index in [0.29, 0.717) is 34.8 Å². The summed E-state index contributed by atoms with van der Waals surface area (Å²) in [5, 5.41) is 4.52. The summed E-state index contributed by atoms with van der Waals surface area (Å²) in [7, 11) is 1.67. The standard InChI is InChI=1S/C22H31ClFN3O2/c1-15(2)27(17-7-6-10-25-14-17)22(28)21-20(23)18-9-8-16(24)13-19(18)26(21)11-4-5-12-29-3/h8-9,13,15,17,25H,4-7,10-12,14H2,1-3H3/t17-/m1/s1. The lowest BCUT2D eigenvalue weighted by Gasteiger charge is -2.38. The molecule has 0 radical (unpaired) electrons. The molecule has 7 heteroatoms. The Morgan fingerprint density at radius 2 is 2.21 bits per heavy atom. The van der Waals surface area contributed by atoms with Crippen LogP contribution in [0.2, 0.25) is 5.02 Å². The summed E-state index contributed by atoms with van der Waals surface area (Å²) in [4.78, 5) is 15.7. The number of fused-ring (bicyclic) bond motifs is 1. The van der Waals surface area contributed by atoms with Crippen LogP contribution in [0.1, 0.15) is 50.0 Å². The fraction of sp³-hybridized carbons (Fsp3) is 0.591. The number of aromatic nitrogens is 1. The molecule has 0 saturated carbocycles. The van der Waals surface area contributed by atoms with E-state index in [2.05, 4.69) is 5.32 Å². The molecule has 0 aliphatic carbocycles. The van der Waals surface area contributed by atoms with Crippen LogP contribution in [-0.2, 0) is 11.3 Å². The van der Waals surface area contributed by atoms with E-state index < -0.39 is 0 Å². The highest BCUT2D eigenvalue weighted by atomic mass is 35.5. The lowest BCUT2D eigenvalue weighted by atomic mass is 10.0. The Morgan fingerprint density at radius 1 is 1.41 bits per heavy atom. The molecule has 1 aromatic carbocycles. The van der Waals surface area contributed by atoms with Gasteiger partial charge in [0, 0.05) is 44.3 Å². The van der Waals surface area contributed by atoms with E-state index in [4.69, 9.17) is 16.3 Å². The molecule has 1 amide bonds. The van der Waals surface area contributed by atoms with Crippen molar-refractivity contribution in [3.8, 4) is 0 Å². The van der Waals surface area contributed by atoms with Gasteiger partial charge in [0.2, 0.25) is 0 Å². The van der Waals surface area contributed by atoms with Gasteiger partial charge in [0.25, 0.3) is 5.91 Å². The molecular weight excluding hydrogens is 393 g/mol. The fourth-order valence-electron chi connectivity index (χ4n) is 4.25. The molecule has 1 aliphatic heterocycles. The highest BCUT2D eigenvalue weighted by Gasteiger charge is 2.32. The maximum atomic E-state index is 14.0. The molecule has 0 unspecified atom stereocenters. The van der Waals surface area contributed by atoms with Crippen LogP contribution in [0.4, 0.5) is 4.39 Å². The maximum absolute atomic E-state index is 14.0. The zero-order valence-corrected chi connectivity index (χ0v) is 18.3. The predicted octanol–water partition coefficient (Wildman–Crippen LogP) is 4.46. The van der Waals surface area contributed by atoms with E-state index >= 15 is 0 Å². The number of nitrogens with one attached hydrogen (secondary N) is 1. The zero-order chi connectivity index (χ0) is 21.0. The minimum absolute atomic E-state index is 0.0418. The molecule has 5 nitrogen and oxygen atoms in total. The van der Waals surface area contributed by atoms with Crippen molar-refractivity contribution in [2.45, 2.75) is 58.2 Å². The van der Waals surface area contributed by atoms with Gasteiger partial charge >= 0.3 is 0 Å². The quantitative estimate of drug-likeness (QED) is 0.637. The van der Waals surface area contributed by atoms with Gasteiger partial charge in [0.15, 0.2) is 0 Å². The molecule has 1 aromatic heterocycles.